The van der Waals surface area contributed by atoms with Crippen LogP contribution in [0.4, 0.5) is 0 Å². The van der Waals surface area contributed by atoms with Crippen molar-refractivity contribution in [3.8, 4) is 0 Å². The third kappa shape index (κ3) is 5.71. The lowest BCUT2D eigenvalue weighted by molar-refractivity contribution is -0.121. The Hall–Kier alpha value is -1.61. The van der Waals surface area contributed by atoms with Gasteiger partial charge in [-0.1, -0.05) is 49.8 Å². The molecule has 0 bridgehead atoms. The predicted octanol–water partition coefficient (Wildman–Crippen LogP) is 2.62. The van der Waals surface area contributed by atoms with E-state index in [1.165, 1.54) is 0 Å². The van der Waals surface area contributed by atoms with E-state index in [1.807, 2.05) is 37.3 Å². The average molecular weight is 261 g/mol. The molecule has 0 spiro atoms. The van der Waals surface area contributed by atoms with Gasteiger partial charge in [0.25, 0.3) is 0 Å². The number of carbonyl (C=O) groups is 1. The van der Waals surface area contributed by atoms with Crippen molar-refractivity contribution in [3.63, 3.8) is 0 Å². The maximum Gasteiger partial charge on any atom is 0.221 e. The molecule has 0 heterocycles. The van der Waals surface area contributed by atoms with Gasteiger partial charge in [0.15, 0.2) is 0 Å². The van der Waals surface area contributed by atoms with Crippen molar-refractivity contribution >= 4 is 5.91 Å². The SMILES string of the molecule is C=CC(CC(=O)NCC(O)CCC)c1ccccc1. The van der Waals surface area contributed by atoms with Crippen LogP contribution in [0.15, 0.2) is 43.0 Å². The van der Waals surface area contributed by atoms with E-state index in [1.54, 1.807) is 6.08 Å². The Balaban J connectivity index is 2.44. The quantitative estimate of drug-likeness (QED) is 0.707. The molecule has 0 aliphatic carbocycles. The Bertz CT molecular complexity index is 389. The van der Waals surface area contributed by atoms with E-state index >= 15 is 0 Å². The lowest BCUT2D eigenvalue weighted by Gasteiger charge is -2.14. The number of benzene rings is 1. The zero-order chi connectivity index (χ0) is 14.1. The molecule has 0 saturated carbocycles. The maximum atomic E-state index is 11.8. The van der Waals surface area contributed by atoms with E-state index in [2.05, 4.69) is 11.9 Å². The predicted molar refractivity (Wildman–Crippen MR) is 77.9 cm³/mol. The molecule has 0 saturated heterocycles. The summed E-state index contributed by atoms with van der Waals surface area (Å²) in [5, 5.41) is 12.3. The molecule has 1 amide bonds. The van der Waals surface area contributed by atoms with Gasteiger partial charge in [-0.3, -0.25) is 4.79 Å². The second-order valence-electron chi connectivity index (χ2n) is 4.70. The fraction of sp³-hybridized carbons (Fsp3) is 0.438. The Morgan fingerprint density at radius 3 is 2.68 bits per heavy atom. The summed E-state index contributed by atoms with van der Waals surface area (Å²) < 4.78 is 0. The third-order valence-corrected chi connectivity index (χ3v) is 3.07. The zero-order valence-corrected chi connectivity index (χ0v) is 11.5. The van der Waals surface area contributed by atoms with Crippen molar-refractivity contribution in [2.45, 2.75) is 38.2 Å². The van der Waals surface area contributed by atoms with Gasteiger partial charge in [0, 0.05) is 18.9 Å². The van der Waals surface area contributed by atoms with Gasteiger partial charge in [-0.2, -0.15) is 0 Å². The highest BCUT2D eigenvalue weighted by molar-refractivity contribution is 5.77. The second-order valence-corrected chi connectivity index (χ2v) is 4.70. The van der Waals surface area contributed by atoms with Gasteiger partial charge in [-0.25, -0.2) is 0 Å². The van der Waals surface area contributed by atoms with Crippen LogP contribution in [0.2, 0.25) is 0 Å². The number of aliphatic hydroxyl groups excluding tert-OH is 1. The highest BCUT2D eigenvalue weighted by Crippen LogP contribution is 2.20. The van der Waals surface area contributed by atoms with Crippen LogP contribution in [0, 0.1) is 0 Å². The van der Waals surface area contributed by atoms with Crippen molar-refractivity contribution in [2.75, 3.05) is 6.54 Å². The second kappa shape index (κ2) is 8.48. The normalized spacial score (nSPS) is 13.6. The molecule has 104 valence electrons. The molecule has 1 aromatic rings. The van der Waals surface area contributed by atoms with E-state index in [0.29, 0.717) is 19.4 Å². The molecule has 1 aromatic carbocycles. The minimum atomic E-state index is -0.451. The monoisotopic (exact) mass is 261 g/mol. The Morgan fingerprint density at radius 1 is 1.42 bits per heavy atom. The molecule has 2 N–H and O–H groups in total. The highest BCUT2D eigenvalue weighted by atomic mass is 16.3. The lowest BCUT2D eigenvalue weighted by Crippen LogP contribution is -2.32. The third-order valence-electron chi connectivity index (χ3n) is 3.07. The van der Waals surface area contributed by atoms with Crippen LogP contribution in [0.1, 0.15) is 37.7 Å². The first-order valence-corrected chi connectivity index (χ1v) is 6.79. The van der Waals surface area contributed by atoms with E-state index in [9.17, 15) is 9.90 Å². The standard InChI is InChI=1S/C16H23NO2/c1-3-8-15(18)12-17-16(19)11-13(4-2)14-9-6-5-7-10-14/h4-7,9-10,13,15,18H,2-3,8,11-12H2,1H3,(H,17,19). The van der Waals surface area contributed by atoms with Crippen LogP contribution in [0.3, 0.4) is 0 Å². The van der Waals surface area contributed by atoms with Crippen LogP contribution in [0.5, 0.6) is 0 Å². The molecule has 0 fully saturated rings. The van der Waals surface area contributed by atoms with Gasteiger partial charge in [0.05, 0.1) is 6.10 Å². The molecule has 3 heteroatoms. The first-order valence-electron chi connectivity index (χ1n) is 6.79. The molecule has 19 heavy (non-hydrogen) atoms. The molecular formula is C16H23NO2. The number of hydrogen-bond acceptors (Lipinski definition) is 2. The fourth-order valence-corrected chi connectivity index (χ4v) is 1.98. The van der Waals surface area contributed by atoms with Crippen molar-refractivity contribution in [3.05, 3.63) is 48.6 Å². The van der Waals surface area contributed by atoms with Crippen molar-refractivity contribution < 1.29 is 9.90 Å². The maximum absolute atomic E-state index is 11.8. The number of allylic oxidation sites excluding steroid dienone is 1. The fourth-order valence-electron chi connectivity index (χ4n) is 1.98. The minimum Gasteiger partial charge on any atom is -0.391 e. The summed E-state index contributed by atoms with van der Waals surface area (Å²) in [6.45, 7) is 6.12. The molecule has 0 radical (unpaired) electrons. The number of rotatable bonds is 8. The summed E-state index contributed by atoms with van der Waals surface area (Å²) in [6, 6.07) is 9.84. The smallest absolute Gasteiger partial charge is 0.221 e. The molecule has 1 rings (SSSR count). The van der Waals surface area contributed by atoms with Crippen LogP contribution < -0.4 is 5.32 Å². The van der Waals surface area contributed by atoms with Gasteiger partial charge < -0.3 is 10.4 Å². The number of amides is 1. The summed E-state index contributed by atoms with van der Waals surface area (Å²) >= 11 is 0. The van der Waals surface area contributed by atoms with E-state index in [0.717, 1.165) is 12.0 Å². The molecule has 2 unspecified atom stereocenters. The van der Waals surface area contributed by atoms with Crippen molar-refractivity contribution in [2.24, 2.45) is 0 Å². The van der Waals surface area contributed by atoms with E-state index in [-0.39, 0.29) is 11.8 Å². The first kappa shape index (κ1) is 15.4. The number of carbonyl (C=O) groups excluding carboxylic acids is 1. The molecule has 0 aliphatic rings. The Labute approximate surface area is 115 Å². The molecule has 3 nitrogen and oxygen atoms in total. The van der Waals surface area contributed by atoms with Gasteiger partial charge in [-0.05, 0) is 12.0 Å². The summed E-state index contributed by atoms with van der Waals surface area (Å²) in [4.78, 5) is 11.8. The van der Waals surface area contributed by atoms with E-state index in [4.69, 9.17) is 0 Å². The van der Waals surface area contributed by atoms with Gasteiger partial charge in [0.1, 0.15) is 0 Å². The molecule has 2 atom stereocenters. The molecule has 0 aliphatic heterocycles. The summed E-state index contributed by atoms with van der Waals surface area (Å²) in [6.07, 6.45) is 3.33. The summed E-state index contributed by atoms with van der Waals surface area (Å²) in [7, 11) is 0. The molecule has 0 aromatic heterocycles. The first-order chi connectivity index (χ1) is 9.17. The van der Waals surface area contributed by atoms with Crippen LogP contribution in [0.25, 0.3) is 0 Å². The molecular weight excluding hydrogens is 238 g/mol. The highest BCUT2D eigenvalue weighted by Gasteiger charge is 2.13. The van der Waals surface area contributed by atoms with Gasteiger partial charge in [-0.15, -0.1) is 6.58 Å². The Kier molecular flexibility index (Phi) is 6.90. The number of hydrogen-bond donors (Lipinski definition) is 2. The topological polar surface area (TPSA) is 49.3 Å². The van der Waals surface area contributed by atoms with Crippen LogP contribution >= 0.6 is 0 Å². The average Bonchev–Trinajstić information content (AvgIpc) is 2.44. The van der Waals surface area contributed by atoms with Crippen LogP contribution in [-0.2, 0) is 4.79 Å². The van der Waals surface area contributed by atoms with Crippen molar-refractivity contribution in [1.82, 2.24) is 5.32 Å². The zero-order valence-electron chi connectivity index (χ0n) is 11.5. The number of aliphatic hydroxyl groups is 1. The van der Waals surface area contributed by atoms with Gasteiger partial charge >= 0.3 is 0 Å². The largest absolute Gasteiger partial charge is 0.391 e. The Morgan fingerprint density at radius 2 is 2.11 bits per heavy atom. The minimum absolute atomic E-state index is 0.0181. The number of nitrogens with one attached hydrogen (secondary N) is 1. The summed E-state index contributed by atoms with van der Waals surface area (Å²) in [5.74, 6) is -0.0339. The summed E-state index contributed by atoms with van der Waals surface area (Å²) in [5.41, 5.74) is 1.08. The van der Waals surface area contributed by atoms with Crippen LogP contribution in [-0.4, -0.2) is 23.7 Å². The van der Waals surface area contributed by atoms with Gasteiger partial charge in [0.2, 0.25) is 5.91 Å². The van der Waals surface area contributed by atoms with Crippen molar-refractivity contribution in [1.29, 1.82) is 0 Å². The lowest BCUT2D eigenvalue weighted by atomic mass is 9.95. The van der Waals surface area contributed by atoms with E-state index < -0.39 is 6.10 Å².